The van der Waals surface area contributed by atoms with Crippen LogP contribution in [0.3, 0.4) is 0 Å². The van der Waals surface area contributed by atoms with E-state index in [4.69, 9.17) is 0 Å². The molecule has 0 saturated carbocycles. The van der Waals surface area contributed by atoms with E-state index in [1.54, 1.807) is 6.92 Å². The first-order valence-corrected chi connectivity index (χ1v) is 4.12. The lowest BCUT2D eigenvalue weighted by Gasteiger charge is -2.01. The molecule has 0 fully saturated rings. The van der Waals surface area contributed by atoms with Crippen LogP contribution in [0.4, 0.5) is 0 Å². The largest absolute Gasteiger partial charge is 0.462 e. The van der Waals surface area contributed by atoms with Crippen molar-refractivity contribution in [1.29, 1.82) is 0 Å². The van der Waals surface area contributed by atoms with E-state index in [-0.39, 0.29) is 19.4 Å². The Balaban J connectivity index is 3.59. The maximum Gasteiger partial charge on any atom is 0.330 e. The van der Waals surface area contributed by atoms with E-state index in [0.717, 1.165) is 6.08 Å². The van der Waals surface area contributed by atoms with Gasteiger partial charge in [-0.15, -0.1) is 0 Å². The minimum Gasteiger partial charge on any atom is -0.462 e. The third kappa shape index (κ3) is 5.93. The minimum absolute atomic E-state index is 0.110. The van der Waals surface area contributed by atoms with Crippen LogP contribution in [0.1, 0.15) is 19.8 Å². The number of esters is 3. The number of rotatable bonds is 5. The van der Waals surface area contributed by atoms with Crippen LogP contribution in [0.25, 0.3) is 0 Å². The second kappa shape index (κ2) is 6.82. The molecule has 0 aromatic heterocycles. The number of carbonyl (C=O) groups is 3. The molecule has 0 aliphatic rings. The SMILES string of the molecule is C=CC(=O)OCCC(=O)OC(=O)CC. The molecule has 0 N–H and O–H groups in total. The van der Waals surface area contributed by atoms with Gasteiger partial charge in [-0.2, -0.15) is 0 Å². The van der Waals surface area contributed by atoms with E-state index in [1.807, 2.05) is 0 Å². The zero-order valence-electron chi connectivity index (χ0n) is 7.95. The molecule has 0 bridgehead atoms. The second-order valence-electron chi connectivity index (χ2n) is 2.32. The Morgan fingerprint density at radius 1 is 1.29 bits per heavy atom. The van der Waals surface area contributed by atoms with Crippen LogP contribution in [0.2, 0.25) is 0 Å². The quantitative estimate of drug-likeness (QED) is 0.369. The van der Waals surface area contributed by atoms with Gasteiger partial charge in [-0.05, 0) is 0 Å². The van der Waals surface area contributed by atoms with Gasteiger partial charge in [0.2, 0.25) is 0 Å². The summed E-state index contributed by atoms with van der Waals surface area (Å²) in [5, 5.41) is 0. The number of ether oxygens (including phenoxy) is 2. The van der Waals surface area contributed by atoms with Crippen LogP contribution in [-0.2, 0) is 23.9 Å². The van der Waals surface area contributed by atoms with E-state index in [9.17, 15) is 14.4 Å². The second-order valence-corrected chi connectivity index (χ2v) is 2.32. The van der Waals surface area contributed by atoms with Gasteiger partial charge in [-0.25, -0.2) is 4.79 Å². The minimum atomic E-state index is -0.700. The first-order chi connectivity index (χ1) is 6.60. The highest BCUT2D eigenvalue weighted by molar-refractivity contribution is 5.85. The molecule has 0 spiro atoms. The summed E-state index contributed by atoms with van der Waals surface area (Å²) in [6.45, 7) is 4.64. The standard InChI is InChI=1S/C9H12O5/c1-3-7(10)13-6-5-9(12)14-8(11)4-2/h3H,1,4-6H2,2H3. The molecule has 14 heavy (non-hydrogen) atoms. The molecule has 0 radical (unpaired) electrons. The van der Waals surface area contributed by atoms with Crippen molar-refractivity contribution in [3.63, 3.8) is 0 Å². The molecule has 5 nitrogen and oxygen atoms in total. The van der Waals surface area contributed by atoms with Crippen molar-refractivity contribution in [2.75, 3.05) is 6.61 Å². The van der Waals surface area contributed by atoms with Gasteiger partial charge >= 0.3 is 17.9 Å². The van der Waals surface area contributed by atoms with Gasteiger partial charge in [-0.1, -0.05) is 13.5 Å². The average Bonchev–Trinajstić information content (AvgIpc) is 2.17. The Hall–Kier alpha value is -1.65. The van der Waals surface area contributed by atoms with E-state index in [2.05, 4.69) is 16.1 Å². The van der Waals surface area contributed by atoms with Crippen LogP contribution in [0.5, 0.6) is 0 Å². The van der Waals surface area contributed by atoms with Crippen LogP contribution in [0, 0.1) is 0 Å². The normalized spacial score (nSPS) is 8.93. The van der Waals surface area contributed by atoms with Gasteiger partial charge in [0.05, 0.1) is 6.42 Å². The molecule has 0 aromatic carbocycles. The zero-order chi connectivity index (χ0) is 11.0. The summed E-state index contributed by atoms with van der Waals surface area (Å²) in [7, 11) is 0. The summed E-state index contributed by atoms with van der Waals surface area (Å²) in [5.41, 5.74) is 0. The molecule has 0 aromatic rings. The van der Waals surface area contributed by atoms with Crippen LogP contribution < -0.4 is 0 Å². The molecule has 0 atom stereocenters. The van der Waals surface area contributed by atoms with E-state index < -0.39 is 17.9 Å². The van der Waals surface area contributed by atoms with Crippen LogP contribution in [-0.4, -0.2) is 24.5 Å². The van der Waals surface area contributed by atoms with Crippen molar-refractivity contribution >= 4 is 17.9 Å². The summed E-state index contributed by atoms with van der Waals surface area (Å²) in [5.74, 6) is -1.90. The summed E-state index contributed by atoms with van der Waals surface area (Å²) >= 11 is 0. The number of hydrogen-bond donors (Lipinski definition) is 0. The molecular weight excluding hydrogens is 188 g/mol. The maximum absolute atomic E-state index is 10.8. The van der Waals surface area contributed by atoms with Gasteiger partial charge < -0.3 is 9.47 Å². The van der Waals surface area contributed by atoms with E-state index >= 15 is 0 Å². The smallest absolute Gasteiger partial charge is 0.330 e. The fourth-order valence-electron chi connectivity index (χ4n) is 0.544. The highest BCUT2D eigenvalue weighted by atomic mass is 16.6. The van der Waals surface area contributed by atoms with Gasteiger partial charge in [0.25, 0.3) is 0 Å². The number of hydrogen-bond acceptors (Lipinski definition) is 5. The predicted molar refractivity (Wildman–Crippen MR) is 47.2 cm³/mol. The Bertz CT molecular complexity index is 244. The fraction of sp³-hybridized carbons (Fsp3) is 0.444. The van der Waals surface area contributed by atoms with E-state index in [0.29, 0.717) is 0 Å². The maximum atomic E-state index is 10.8. The lowest BCUT2D eigenvalue weighted by molar-refractivity contribution is -0.160. The molecular formula is C9H12O5. The average molecular weight is 200 g/mol. The molecule has 0 heterocycles. The first kappa shape index (κ1) is 12.3. The Morgan fingerprint density at radius 3 is 2.43 bits per heavy atom. The zero-order valence-corrected chi connectivity index (χ0v) is 7.95. The molecule has 0 unspecified atom stereocenters. The molecule has 0 aliphatic heterocycles. The molecule has 0 saturated heterocycles. The van der Waals surface area contributed by atoms with Crippen molar-refractivity contribution in [2.45, 2.75) is 19.8 Å². The van der Waals surface area contributed by atoms with Crippen LogP contribution >= 0.6 is 0 Å². The van der Waals surface area contributed by atoms with Crippen molar-refractivity contribution in [1.82, 2.24) is 0 Å². The van der Waals surface area contributed by atoms with E-state index in [1.165, 1.54) is 0 Å². The topological polar surface area (TPSA) is 69.7 Å². The molecule has 0 rings (SSSR count). The highest BCUT2D eigenvalue weighted by Crippen LogP contribution is 1.92. The van der Waals surface area contributed by atoms with Crippen molar-refractivity contribution in [3.8, 4) is 0 Å². The predicted octanol–water partition coefficient (Wildman–Crippen LogP) is 0.585. The molecule has 0 aliphatic carbocycles. The van der Waals surface area contributed by atoms with Crippen LogP contribution in [0.15, 0.2) is 12.7 Å². The Morgan fingerprint density at radius 2 is 1.93 bits per heavy atom. The molecule has 0 amide bonds. The Labute approximate surface area is 81.7 Å². The van der Waals surface area contributed by atoms with Crippen molar-refractivity contribution in [3.05, 3.63) is 12.7 Å². The third-order valence-electron chi connectivity index (χ3n) is 1.23. The Kier molecular flexibility index (Phi) is 6.02. The monoisotopic (exact) mass is 200 g/mol. The highest BCUT2D eigenvalue weighted by Gasteiger charge is 2.08. The molecule has 78 valence electrons. The van der Waals surface area contributed by atoms with Gasteiger partial charge in [0.15, 0.2) is 0 Å². The first-order valence-electron chi connectivity index (χ1n) is 4.12. The van der Waals surface area contributed by atoms with Gasteiger partial charge in [-0.3, -0.25) is 9.59 Å². The summed E-state index contributed by atoms with van der Waals surface area (Å²) in [6.07, 6.45) is 0.992. The fourth-order valence-corrected chi connectivity index (χ4v) is 0.544. The number of carbonyl (C=O) groups excluding carboxylic acids is 3. The summed E-state index contributed by atoms with van der Waals surface area (Å²) in [6, 6.07) is 0. The van der Waals surface area contributed by atoms with Gasteiger partial charge in [0, 0.05) is 12.5 Å². The van der Waals surface area contributed by atoms with Crippen molar-refractivity contribution in [2.24, 2.45) is 0 Å². The summed E-state index contributed by atoms with van der Waals surface area (Å²) < 4.78 is 8.83. The van der Waals surface area contributed by atoms with Gasteiger partial charge in [0.1, 0.15) is 6.61 Å². The molecule has 5 heteroatoms. The van der Waals surface area contributed by atoms with Crippen molar-refractivity contribution < 1.29 is 23.9 Å². The lowest BCUT2D eigenvalue weighted by Crippen LogP contribution is -2.14. The lowest BCUT2D eigenvalue weighted by atomic mass is 10.4. The summed E-state index contributed by atoms with van der Waals surface area (Å²) in [4.78, 5) is 31.9. The third-order valence-corrected chi connectivity index (χ3v) is 1.23.